The fraction of sp³-hybridized carbons (Fsp3) is 0.316. The van der Waals surface area contributed by atoms with Gasteiger partial charge < -0.3 is 19.6 Å². The van der Waals surface area contributed by atoms with Crippen LogP contribution in [0.5, 0.6) is 0 Å². The standard InChI is InChI=1S/C19H19FN4O3/c20-13-3-4-15-16(9-13)23-17(22-15)5-6-21-19(26)12-8-18(25)24(10-12)11-14-2-1-7-27-14/h1-4,7,9,12H,5-6,8,10-11H2,(H,21,26)(H,22,23)/t12-/m0/s1. The minimum atomic E-state index is -0.364. The molecule has 8 heteroatoms. The van der Waals surface area contributed by atoms with Crippen LogP contribution in [0.25, 0.3) is 11.0 Å². The number of amides is 2. The Kier molecular flexibility index (Phi) is 4.62. The number of H-pyrrole nitrogens is 1. The molecule has 0 saturated carbocycles. The van der Waals surface area contributed by atoms with Crippen LogP contribution in [-0.4, -0.2) is 39.8 Å². The van der Waals surface area contributed by atoms with Crippen molar-refractivity contribution < 1.29 is 18.4 Å². The van der Waals surface area contributed by atoms with Gasteiger partial charge in [0.15, 0.2) is 0 Å². The van der Waals surface area contributed by atoms with Gasteiger partial charge in [-0.2, -0.15) is 0 Å². The van der Waals surface area contributed by atoms with Gasteiger partial charge in [0, 0.05) is 25.9 Å². The first-order valence-corrected chi connectivity index (χ1v) is 8.80. The third-order valence-corrected chi connectivity index (χ3v) is 4.67. The molecule has 1 atom stereocenters. The molecule has 4 rings (SSSR count). The average Bonchev–Trinajstić information content (AvgIpc) is 3.36. The Labute approximate surface area is 154 Å². The number of hydrogen-bond donors (Lipinski definition) is 2. The third-order valence-electron chi connectivity index (χ3n) is 4.67. The lowest BCUT2D eigenvalue weighted by Crippen LogP contribution is -2.34. The van der Waals surface area contributed by atoms with Crippen LogP contribution in [0.2, 0.25) is 0 Å². The van der Waals surface area contributed by atoms with Crippen LogP contribution in [-0.2, 0) is 22.6 Å². The highest BCUT2D eigenvalue weighted by molar-refractivity contribution is 5.89. The molecule has 2 N–H and O–H groups in total. The van der Waals surface area contributed by atoms with Crippen molar-refractivity contribution in [1.82, 2.24) is 20.2 Å². The fourth-order valence-corrected chi connectivity index (χ4v) is 3.29. The number of nitrogens with one attached hydrogen (secondary N) is 2. The van der Waals surface area contributed by atoms with E-state index in [1.807, 2.05) is 0 Å². The highest BCUT2D eigenvalue weighted by Crippen LogP contribution is 2.20. The zero-order valence-electron chi connectivity index (χ0n) is 14.6. The molecule has 7 nitrogen and oxygen atoms in total. The number of furan rings is 1. The Morgan fingerprint density at radius 1 is 1.41 bits per heavy atom. The normalized spacial score (nSPS) is 17.0. The van der Waals surface area contributed by atoms with Crippen molar-refractivity contribution in [3.63, 3.8) is 0 Å². The molecule has 1 aliphatic rings. The molecule has 0 bridgehead atoms. The van der Waals surface area contributed by atoms with Gasteiger partial charge in [-0.05, 0) is 30.3 Å². The molecule has 0 unspecified atom stereocenters. The van der Waals surface area contributed by atoms with E-state index in [1.54, 1.807) is 29.4 Å². The van der Waals surface area contributed by atoms with Gasteiger partial charge in [-0.15, -0.1) is 0 Å². The molecular weight excluding hydrogens is 351 g/mol. The molecule has 3 aromatic rings. The fourth-order valence-electron chi connectivity index (χ4n) is 3.29. The van der Waals surface area contributed by atoms with Crippen molar-refractivity contribution in [2.75, 3.05) is 13.1 Å². The number of carbonyl (C=O) groups is 2. The SMILES string of the molecule is O=C(NCCc1nc2ccc(F)cc2[nH]1)[C@H]1CC(=O)N(Cc2ccco2)C1. The van der Waals surface area contributed by atoms with Crippen molar-refractivity contribution in [1.29, 1.82) is 0 Å². The van der Waals surface area contributed by atoms with Crippen molar-refractivity contribution in [3.8, 4) is 0 Å². The molecule has 27 heavy (non-hydrogen) atoms. The van der Waals surface area contributed by atoms with E-state index in [2.05, 4.69) is 15.3 Å². The Balaban J connectivity index is 1.28. The summed E-state index contributed by atoms with van der Waals surface area (Å²) in [6.07, 6.45) is 2.27. The van der Waals surface area contributed by atoms with Crippen molar-refractivity contribution >= 4 is 22.8 Å². The van der Waals surface area contributed by atoms with E-state index < -0.39 is 0 Å². The Morgan fingerprint density at radius 2 is 2.30 bits per heavy atom. The second-order valence-electron chi connectivity index (χ2n) is 6.64. The smallest absolute Gasteiger partial charge is 0.225 e. The van der Waals surface area contributed by atoms with Crippen LogP contribution in [0.15, 0.2) is 41.0 Å². The van der Waals surface area contributed by atoms with Gasteiger partial charge in [-0.3, -0.25) is 9.59 Å². The number of halogens is 1. The molecule has 0 radical (unpaired) electrons. The molecule has 0 spiro atoms. The third kappa shape index (κ3) is 3.84. The zero-order chi connectivity index (χ0) is 18.8. The quantitative estimate of drug-likeness (QED) is 0.694. The molecule has 0 aliphatic carbocycles. The Bertz CT molecular complexity index is 967. The number of aromatic nitrogens is 2. The predicted octanol–water partition coefficient (Wildman–Crippen LogP) is 2.00. The first kappa shape index (κ1) is 17.3. The van der Waals surface area contributed by atoms with Gasteiger partial charge >= 0.3 is 0 Å². The molecule has 140 valence electrons. The second kappa shape index (κ2) is 7.22. The minimum Gasteiger partial charge on any atom is -0.467 e. The summed E-state index contributed by atoms with van der Waals surface area (Å²) >= 11 is 0. The average molecular weight is 370 g/mol. The maximum Gasteiger partial charge on any atom is 0.225 e. The molecule has 3 heterocycles. The van der Waals surface area contributed by atoms with Crippen LogP contribution in [0.4, 0.5) is 4.39 Å². The van der Waals surface area contributed by atoms with Gasteiger partial charge in [-0.25, -0.2) is 9.37 Å². The number of fused-ring (bicyclic) bond motifs is 1. The van der Waals surface area contributed by atoms with Gasteiger partial charge in [0.05, 0.1) is 29.8 Å². The van der Waals surface area contributed by atoms with Crippen LogP contribution < -0.4 is 5.32 Å². The zero-order valence-corrected chi connectivity index (χ0v) is 14.6. The maximum atomic E-state index is 13.2. The number of hydrogen-bond acceptors (Lipinski definition) is 4. The van der Waals surface area contributed by atoms with Crippen molar-refractivity contribution in [2.24, 2.45) is 5.92 Å². The summed E-state index contributed by atoms with van der Waals surface area (Å²) in [7, 11) is 0. The summed E-state index contributed by atoms with van der Waals surface area (Å²) in [5.74, 6) is 0.495. The Morgan fingerprint density at radius 3 is 3.11 bits per heavy atom. The van der Waals surface area contributed by atoms with Crippen LogP contribution >= 0.6 is 0 Å². The number of carbonyl (C=O) groups excluding carboxylic acids is 2. The van der Waals surface area contributed by atoms with Crippen LogP contribution in [0, 0.1) is 11.7 Å². The predicted molar refractivity (Wildman–Crippen MR) is 95.0 cm³/mol. The first-order valence-electron chi connectivity index (χ1n) is 8.80. The summed E-state index contributed by atoms with van der Waals surface area (Å²) in [5, 5.41) is 2.85. The molecule has 1 fully saturated rings. The monoisotopic (exact) mass is 370 g/mol. The number of likely N-dealkylation sites (tertiary alicyclic amines) is 1. The van der Waals surface area contributed by atoms with E-state index >= 15 is 0 Å². The number of benzene rings is 1. The molecule has 2 aromatic heterocycles. The highest BCUT2D eigenvalue weighted by Gasteiger charge is 2.34. The summed E-state index contributed by atoms with van der Waals surface area (Å²) < 4.78 is 18.5. The van der Waals surface area contributed by atoms with Crippen LogP contribution in [0.1, 0.15) is 18.0 Å². The topological polar surface area (TPSA) is 91.2 Å². The van der Waals surface area contributed by atoms with E-state index in [0.29, 0.717) is 48.7 Å². The molecule has 1 saturated heterocycles. The molecule has 2 amide bonds. The number of nitrogens with zero attached hydrogens (tertiary/aromatic N) is 2. The van der Waals surface area contributed by atoms with E-state index in [0.717, 1.165) is 0 Å². The summed E-state index contributed by atoms with van der Waals surface area (Å²) in [5.41, 5.74) is 1.32. The summed E-state index contributed by atoms with van der Waals surface area (Å²) in [6.45, 7) is 1.16. The number of imidazole rings is 1. The highest BCUT2D eigenvalue weighted by atomic mass is 19.1. The largest absolute Gasteiger partial charge is 0.467 e. The van der Waals surface area contributed by atoms with Crippen LogP contribution in [0.3, 0.4) is 0 Å². The van der Waals surface area contributed by atoms with Crippen molar-refractivity contribution in [3.05, 3.63) is 54.0 Å². The number of rotatable bonds is 6. The lowest BCUT2D eigenvalue weighted by atomic mass is 10.1. The molecule has 1 aliphatic heterocycles. The molecular formula is C19H19FN4O3. The number of aromatic amines is 1. The van der Waals surface area contributed by atoms with E-state index in [4.69, 9.17) is 4.42 Å². The maximum absolute atomic E-state index is 13.2. The second-order valence-corrected chi connectivity index (χ2v) is 6.64. The first-order chi connectivity index (χ1) is 13.1. The van der Waals surface area contributed by atoms with Crippen molar-refractivity contribution in [2.45, 2.75) is 19.4 Å². The summed E-state index contributed by atoms with van der Waals surface area (Å²) in [4.78, 5) is 33.5. The van der Waals surface area contributed by atoms with Gasteiger partial charge in [-0.1, -0.05) is 0 Å². The van der Waals surface area contributed by atoms with Gasteiger partial charge in [0.2, 0.25) is 11.8 Å². The van der Waals surface area contributed by atoms with Gasteiger partial charge in [0.1, 0.15) is 17.4 Å². The lowest BCUT2D eigenvalue weighted by molar-refractivity contribution is -0.129. The van der Waals surface area contributed by atoms with Gasteiger partial charge in [0.25, 0.3) is 0 Å². The minimum absolute atomic E-state index is 0.0501. The summed E-state index contributed by atoms with van der Waals surface area (Å²) in [6, 6.07) is 7.94. The molecule has 1 aromatic carbocycles. The van der Waals surface area contributed by atoms with E-state index in [-0.39, 0.29) is 30.0 Å². The lowest BCUT2D eigenvalue weighted by Gasteiger charge is -2.15. The van der Waals surface area contributed by atoms with E-state index in [9.17, 15) is 14.0 Å². The Hall–Kier alpha value is -3.16. The van der Waals surface area contributed by atoms with E-state index in [1.165, 1.54) is 12.1 Å².